The van der Waals surface area contributed by atoms with Crippen LogP contribution in [0.5, 0.6) is 5.75 Å². The third-order valence-electron chi connectivity index (χ3n) is 3.56. The SMILES string of the molecule is C=CCOc1ccc(C=NNC(=O)c2cc3cc([N+](=O)[O-])ccc3s2)cc1. The van der Waals surface area contributed by atoms with Crippen LogP contribution in [0, 0.1) is 10.1 Å². The molecule has 3 rings (SSSR count). The molecule has 136 valence electrons. The van der Waals surface area contributed by atoms with E-state index in [2.05, 4.69) is 17.1 Å². The lowest BCUT2D eigenvalue weighted by Crippen LogP contribution is -2.16. The third kappa shape index (κ3) is 4.56. The van der Waals surface area contributed by atoms with E-state index in [0.717, 1.165) is 16.0 Å². The van der Waals surface area contributed by atoms with Gasteiger partial charge in [-0.3, -0.25) is 14.9 Å². The fourth-order valence-electron chi connectivity index (χ4n) is 2.28. The van der Waals surface area contributed by atoms with Crippen molar-refractivity contribution in [2.75, 3.05) is 6.61 Å². The van der Waals surface area contributed by atoms with Gasteiger partial charge in [0.15, 0.2) is 0 Å². The number of amides is 1. The Balaban J connectivity index is 1.64. The molecule has 1 aromatic heterocycles. The van der Waals surface area contributed by atoms with Gasteiger partial charge in [0.25, 0.3) is 11.6 Å². The maximum atomic E-state index is 12.2. The van der Waals surface area contributed by atoms with E-state index in [9.17, 15) is 14.9 Å². The standard InChI is InChI=1S/C19H15N3O4S/c1-2-9-26-16-6-3-13(4-7-16)12-20-21-19(23)18-11-14-10-15(22(24)25)5-8-17(14)27-18/h2-8,10-12H,1,9H2,(H,21,23). The van der Waals surface area contributed by atoms with E-state index in [4.69, 9.17) is 4.74 Å². The van der Waals surface area contributed by atoms with Crippen LogP contribution in [-0.2, 0) is 0 Å². The number of carbonyl (C=O) groups is 1. The first-order chi connectivity index (χ1) is 13.1. The van der Waals surface area contributed by atoms with Crippen molar-refractivity contribution in [2.45, 2.75) is 0 Å². The minimum Gasteiger partial charge on any atom is -0.490 e. The number of benzene rings is 2. The van der Waals surface area contributed by atoms with Crippen LogP contribution in [0.3, 0.4) is 0 Å². The Bertz CT molecular complexity index is 1030. The molecule has 0 saturated heterocycles. The van der Waals surface area contributed by atoms with Crippen LogP contribution < -0.4 is 10.2 Å². The van der Waals surface area contributed by atoms with E-state index >= 15 is 0 Å². The molecule has 0 aliphatic heterocycles. The summed E-state index contributed by atoms with van der Waals surface area (Å²) in [5.74, 6) is 0.344. The summed E-state index contributed by atoms with van der Waals surface area (Å²) in [6.07, 6.45) is 3.18. The number of non-ortho nitro benzene ring substituents is 1. The Kier molecular flexibility index (Phi) is 5.58. The van der Waals surface area contributed by atoms with Crippen LogP contribution in [0.25, 0.3) is 10.1 Å². The van der Waals surface area contributed by atoms with Crippen LogP contribution in [0.2, 0.25) is 0 Å². The monoisotopic (exact) mass is 381 g/mol. The molecule has 0 atom stereocenters. The van der Waals surface area contributed by atoms with Crippen LogP contribution in [0.4, 0.5) is 5.69 Å². The van der Waals surface area contributed by atoms with Crippen molar-refractivity contribution in [3.63, 3.8) is 0 Å². The van der Waals surface area contributed by atoms with Gasteiger partial charge in [-0.15, -0.1) is 11.3 Å². The minimum absolute atomic E-state index is 0.00852. The molecule has 27 heavy (non-hydrogen) atoms. The van der Waals surface area contributed by atoms with Crippen molar-refractivity contribution in [2.24, 2.45) is 5.10 Å². The Morgan fingerprint density at radius 3 is 2.74 bits per heavy atom. The van der Waals surface area contributed by atoms with Gasteiger partial charge in [-0.05, 0) is 42.0 Å². The first-order valence-electron chi connectivity index (χ1n) is 7.92. The molecule has 1 N–H and O–H groups in total. The number of ether oxygens (including phenoxy) is 1. The van der Waals surface area contributed by atoms with Crippen LogP contribution in [0.1, 0.15) is 15.2 Å². The zero-order chi connectivity index (χ0) is 19.2. The molecule has 8 heteroatoms. The smallest absolute Gasteiger partial charge is 0.281 e. The number of nitrogens with one attached hydrogen (secondary N) is 1. The Morgan fingerprint density at radius 2 is 2.04 bits per heavy atom. The highest BCUT2D eigenvalue weighted by atomic mass is 32.1. The molecule has 3 aromatic rings. The predicted octanol–water partition coefficient (Wildman–Crippen LogP) is 4.14. The van der Waals surface area contributed by atoms with Crippen LogP contribution in [0.15, 0.2) is 66.3 Å². The zero-order valence-electron chi connectivity index (χ0n) is 14.1. The Morgan fingerprint density at radius 1 is 1.26 bits per heavy atom. The molecular formula is C19H15N3O4S. The molecule has 0 spiro atoms. The number of nitro groups is 1. The highest BCUT2D eigenvalue weighted by Crippen LogP contribution is 2.28. The average molecular weight is 381 g/mol. The summed E-state index contributed by atoms with van der Waals surface area (Å²) in [5, 5.41) is 15.4. The molecule has 0 bridgehead atoms. The summed E-state index contributed by atoms with van der Waals surface area (Å²) in [6, 6.07) is 13.3. The van der Waals surface area contributed by atoms with Crippen molar-refractivity contribution in [1.82, 2.24) is 5.43 Å². The number of hydrogen-bond acceptors (Lipinski definition) is 6. The molecule has 0 fully saturated rings. The molecule has 0 aliphatic carbocycles. The van der Waals surface area contributed by atoms with Gasteiger partial charge >= 0.3 is 0 Å². The van der Waals surface area contributed by atoms with Crippen molar-refractivity contribution in [1.29, 1.82) is 0 Å². The second-order valence-corrected chi connectivity index (χ2v) is 6.54. The van der Waals surface area contributed by atoms with Crippen molar-refractivity contribution in [3.05, 3.63) is 81.7 Å². The Labute approximate surface area is 158 Å². The normalized spacial score (nSPS) is 10.8. The van der Waals surface area contributed by atoms with Crippen LogP contribution >= 0.6 is 11.3 Å². The molecule has 0 saturated carbocycles. The number of hydrazone groups is 1. The van der Waals surface area contributed by atoms with Crippen LogP contribution in [-0.4, -0.2) is 23.7 Å². The molecular weight excluding hydrogens is 366 g/mol. The van der Waals surface area contributed by atoms with Gasteiger partial charge in [0.2, 0.25) is 0 Å². The highest BCUT2D eigenvalue weighted by Gasteiger charge is 2.12. The van der Waals surface area contributed by atoms with E-state index in [0.29, 0.717) is 16.9 Å². The zero-order valence-corrected chi connectivity index (χ0v) is 14.9. The van der Waals surface area contributed by atoms with Gasteiger partial charge in [0.05, 0.1) is 16.0 Å². The maximum absolute atomic E-state index is 12.2. The van der Waals surface area contributed by atoms with Crippen molar-refractivity contribution in [3.8, 4) is 5.75 Å². The second-order valence-electron chi connectivity index (χ2n) is 5.46. The van der Waals surface area contributed by atoms with Gasteiger partial charge in [-0.1, -0.05) is 12.7 Å². The summed E-state index contributed by atoms with van der Waals surface area (Å²) >= 11 is 1.25. The van der Waals surface area contributed by atoms with Gasteiger partial charge in [-0.25, -0.2) is 5.43 Å². The van der Waals surface area contributed by atoms with Gasteiger partial charge < -0.3 is 4.74 Å². The molecule has 0 aliphatic rings. The van der Waals surface area contributed by atoms with E-state index in [-0.39, 0.29) is 11.6 Å². The van der Waals surface area contributed by atoms with E-state index in [1.54, 1.807) is 30.3 Å². The lowest BCUT2D eigenvalue weighted by Gasteiger charge is -2.02. The third-order valence-corrected chi connectivity index (χ3v) is 4.68. The topological polar surface area (TPSA) is 93.8 Å². The van der Waals surface area contributed by atoms with Gasteiger partial charge in [-0.2, -0.15) is 5.10 Å². The van der Waals surface area contributed by atoms with Gasteiger partial charge in [0.1, 0.15) is 12.4 Å². The number of rotatable bonds is 7. The number of fused-ring (bicyclic) bond motifs is 1. The largest absolute Gasteiger partial charge is 0.490 e. The molecule has 2 aromatic carbocycles. The number of nitrogens with zero attached hydrogens (tertiary/aromatic N) is 2. The average Bonchev–Trinajstić information content (AvgIpc) is 3.10. The summed E-state index contributed by atoms with van der Waals surface area (Å²) in [6.45, 7) is 4.02. The molecule has 7 nitrogen and oxygen atoms in total. The van der Waals surface area contributed by atoms with E-state index in [1.165, 1.54) is 29.7 Å². The quantitative estimate of drug-likeness (QED) is 0.288. The predicted molar refractivity (Wildman–Crippen MR) is 106 cm³/mol. The second kappa shape index (κ2) is 8.24. The lowest BCUT2D eigenvalue weighted by molar-refractivity contribution is -0.384. The number of carbonyl (C=O) groups excluding carboxylic acids is 1. The summed E-state index contributed by atoms with van der Waals surface area (Å²) in [4.78, 5) is 23.0. The number of nitro benzene ring substituents is 1. The van der Waals surface area contributed by atoms with Gasteiger partial charge in [0, 0.05) is 22.2 Å². The fourth-order valence-corrected chi connectivity index (χ4v) is 3.21. The van der Waals surface area contributed by atoms with E-state index in [1.807, 2.05) is 12.1 Å². The lowest BCUT2D eigenvalue weighted by atomic mass is 10.2. The molecule has 1 heterocycles. The highest BCUT2D eigenvalue weighted by molar-refractivity contribution is 7.20. The molecule has 1 amide bonds. The first kappa shape index (κ1) is 18.3. The Hall–Kier alpha value is -3.52. The fraction of sp³-hybridized carbons (Fsp3) is 0.0526. The maximum Gasteiger partial charge on any atom is 0.281 e. The molecule has 0 unspecified atom stereocenters. The summed E-state index contributed by atoms with van der Waals surface area (Å²) in [5.41, 5.74) is 3.25. The minimum atomic E-state index is -0.463. The number of thiophene rings is 1. The van der Waals surface area contributed by atoms with Crippen molar-refractivity contribution < 1.29 is 14.5 Å². The summed E-state index contributed by atoms with van der Waals surface area (Å²) in [7, 11) is 0. The van der Waals surface area contributed by atoms with E-state index < -0.39 is 4.92 Å². The first-order valence-corrected chi connectivity index (χ1v) is 8.73. The molecule has 0 radical (unpaired) electrons. The summed E-state index contributed by atoms with van der Waals surface area (Å²) < 4.78 is 6.19. The number of hydrogen-bond donors (Lipinski definition) is 1. The van der Waals surface area contributed by atoms with Crippen molar-refractivity contribution >= 4 is 39.2 Å².